The second-order valence-corrected chi connectivity index (χ2v) is 3.20. The standard InChI is InChI=1S/C11H10N2O3/c1-2-5-13-8(9-4-3-6-16-9)7-10(14)12-11(13)15/h2-4,6-7H,1,5H2,(H,12,14,15). The molecule has 0 radical (unpaired) electrons. The topological polar surface area (TPSA) is 68.0 Å². The highest BCUT2D eigenvalue weighted by Crippen LogP contribution is 2.16. The molecule has 0 aliphatic carbocycles. The zero-order valence-electron chi connectivity index (χ0n) is 8.47. The minimum absolute atomic E-state index is 0.311. The van der Waals surface area contributed by atoms with E-state index in [1.54, 1.807) is 18.2 Å². The van der Waals surface area contributed by atoms with Gasteiger partial charge >= 0.3 is 5.69 Å². The van der Waals surface area contributed by atoms with Gasteiger partial charge in [-0.25, -0.2) is 4.79 Å². The van der Waals surface area contributed by atoms with Crippen molar-refractivity contribution in [3.05, 3.63) is 58.0 Å². The maximum absolute atomic E-state index is 11.6. The molecular formula is C11H10N2O3. The van der Waals surface area contributed by atoms with E-state index >= 15 is 0 Å². The van der Waals surface area contributed by atoms with Crippen LogP contribution in [0.3, 0.4) is 0 Å². The Morgan fingerprint density at radius 1 is 1.50 bits per heavy atom. The monoisotopic (exact) mass is 218 g/mol. The number of hydrogen-bond donors (Lipinski definition) is 1. The Morgan fingerprint density at radius 3 is 2.94 bits per heavy atom. The van der Waals surface area contributed by atoms with E-state index in [-0.39, 0.29) is 0 Å². The fourth-order valence-corrected chi connectivity index (χ4v) is 1.46. The van der Waals surface area contributed by atoms with Gasteiger partial charge in [-0.05, 0) is 12.1 Å². The smallest absolute Gasteiger partial charge is 0.329 e. The average molecular weight is 218 g/mol. The molecule has 0 bridgehead atoms. The quantitative estimate of drug-likeness (QED) is 0.781. The average Bonchev–Trinajstić information content (AvgIpc) is 2.75. The van der Waals surface area contributed by atoms with Crippen LogP contribution in [-0.4, -0.2) is 9.55 Å². The van der Waals surface area contributed by atoms with Gasteiger partial charge in [0.2, 0.25) is 0 Å². The van der Waals surface area contributed by atoms with E-state index in [1.807, 2.05) is 0 Å². The molecule has 0 spiro atoms. The van der Waals surface area contributed by atoms with Crippen molar-refractivity contribution in [1.29, 1.82) is 0 Å². The van der Waals surface area contributed by atoms with Crippen molar-refractivity contribution in [2.24, 2.45) is 0 Å². The maximum Gasteiger partial charge on any atom is 0.329 e. The first-order valence-corrected chi connectivity index (χ1v) is 4.71. The fraction of sp³-hybridized carbons (Fsp3) is 0.0909. The lowest BCUT2D eigenvalue weighted by atomic mass is 10.3. The number of allylic oxidation sites excluding steroid dienone is 1. The Morgan fingerprint density at radius 2 is 2.31 bits per heavy atom. The predicted octanol–water partition coefficient (Wildman–Crippen LogP) is 0.983. The number of furan rings is 1. The van der Waals surface area contributed by atoms with E-state index < -0.39 is 11.2 Å². The van der Waals surface area contributed by atoms with E-state index in [4.69, 9.17) is 4.42 Å². The van der Waals surface area contributed by atoms with Crippen LogP contribution in [0, 0.1) is 0 Å². The van der Waals surface area contributed by atoms with Crippen LogP contribution in [0.5, 0.6) is 0 Å². The molecule has 0 aliphatic rings. The van der Waals surface area contributed by atoms with Crippen molar-refractivity contribution in [1.82, 2.24) is 9.55 Å². The summed E-state index contributed by atoms with van der Waals surface area (Å²) in [5.41, 5.74) is -0.478. The molecule has 0 amide bonds. The zero-order chi connectivity index (χ0) is 11.5. The van der Waals surface area contributed by atoms with Gasteiger partial charge < -0.3 is 4.42 Å². The molecule has 2 rings (SSSR count). The van der Waals surface area contributed by atoms with Crippen molar-refractivity contribution < 1.29 is 4.42 Å². The van der Waals surface area contributed by atoms with Crippen LogP contribution in [0.2, 0.25) is 0 Å². The lowest BCUT2D eigenvalue weighted by Gasteiger charge is -2.06. The Bertz CT molecular complexity index is 605. The molecule has 5 heteroatoms. The van der Waals surface area contributed by atoms with E-state index in [2.05, 4.69) is 11.6 Å². The highest BCUT2D eigenvalue weighted by atomic mass is 16.3. The fourth-order valence-electron chi connectivity index (χ4n) is 1.46. The summed E-state index contributed by atoms with van der Waals surface area (Å²) in [5.74, 6) is 0.477. The predicted molar refractivity (Wildman–Crippen MR) is 59.2 cm³/mol. The van der Waals surface area contributed by atoms with Crippen molar-refractivity contribution in [2.45, 2.75) is 6.54 Å². The molecule has 82 valence electrons. The first-order valence-electron chi connectivity index (χ1n) is 4.71. The number of nitrogens with one attached hydrogen (secondary N) is 1. The van der Waals surface area contributed by atoms with Gasteiger partial charge in [-0.15, -0.1) is 6.58 Å². The van der Waals surface area contributed by atoms with Gasteiger partial charge in [-0.2, -0.15) is 0 Å². The molecule has 16 heavy (non-hydrogen) atoms. The number of H-pyrrole nitrogens is 1. The molecule has 2 heterocycles. The minimum Gasteiger partial charge on any atom is -0.463 e. The van der Waals surface area contributed by atoms with Crippen LogP contribution in [-0.2, 0) is 6.54 Å². The highest BCUT2D eigenvalue weighted by molar-refractivity contribution is 5.51. The van der Waals surface area contributed by atoms with Crippen molar-refractivity contribution in [3.63, 3.8) is 0 Å². The molecule has 0 aromatic carbocycles. The zero-order valence-corrected chi connectivity index (χ0v) is 8.47. The van der Waals surface area contributed by atoms with Crippen molar-refractivity contribution >= 4 is 0 Å². The van der Waals surface area contributed by atoms with Crippen LogP contribution in [0.4, 0.5) is 0 Å². The number of aromatic nitrogens is 2. The van der Waals surface area contributed by atoms with Gasteiger partial charge in [0, 0.05) is 12.6 Å². The summed E-state index contributed by atoms with van der Waals surface area (Å²) in [6, 6.07) is 4.71. The lowest BCUT2D eigenvalue weighted by molar-refractivity contribution is 0.570. The van der Waals surface area contributed by atoms with Gasteiger partial charge in [0.05, 0.1) is 12.0 Å². The molecular weight excluding hydrogens is 208 g/mol. The van der Waals surface area contributed by atoms with Crippen molar-refractivity contribution in [3.8, 4) is 11.5 Å². The van der Waals surface area contributed by atoms with Crippen molar-refractivity contribution in [2.75, 3.05) is 0 Å². The lowest BCUT2D eigenvalue weighted by Crippen LogP contribution is -2.30. The molecule has 2 aromatic rings. The Labute approximate surface area is 90.7 Å². The molecule has 0 aliphatic heterocycles. The maximum atomic E-state index is 11.6. The summed E-state index contributed by atoms with van der Waals surface area (Å²) in [6.07, 6.45) is 3.06. The van der Waals surface area contributed by atoms with Crippen LogP contribution in [0.1, 0.15) is 0 Å². The number of aromatic amines is 1. The van der Waals surface area contributed by atoms with Gasteiger partial charge in [0.15, 0.2) is 5.76 Å². The van der Waals surface area contributed by atoms with E-state index in [1.165, 1.54) is 16.9 Å². The molecule has 0 saturated heterocycles. The van der Waals surface area contributed by atoms with Gasteiger partial charge in [0.25, 0.3) is 5.56 Å². The molecule has 2 aromatic heterocycles. The second kappa shape index (κ2) is 4.06. The summed E-state index contributed by atoms with van der Waals surface area (Å²) in [4.78, 5) is 25.0. The van der Waals surface area contributed by atoms with Crippen LogP contribution >= 0.6 is 0 Å². The van der Waals surface area contributed by atoms with E-state index in [0.717, 1.165) is 0 Å². The summed E-state index contributed by atoms with van der Waals surface area (Å²) >= 11 is 0. The third-order valence-corrected chi connectivity index (χ3v) is 2.12. The molecule has 5 nitrogen and oxygen atoms in total. The largest absolute Gasteiger partial charge is 0.463 e. The Hall–Kier alpha value is -2.30. The summed E-state index contributed by atoms with van der Waals surface area (Å²) in [5, 5.41) is 0. The Balaban J connectivity index is 2.72. The van der Waals surface area contributed by atoms with E-state index in [0.29, 0.717) is 18.0 Å². The SMILES string of the molecule is C=CCn1c(-c2ccco2)cc(=O)[nH]c1=O. The molecule has 0 unspecified atom stereocenters. The third-order valence-electron chi connectivity index (χ3n) is 2.12. The summed E-state index contributed by atoms with van der Waals surface area (Å²) in [7, 11) is 0. The van der Waals surface area contributed by atoms with Crippen LogP contribution in [0.15, 0.2) is 51.1 Å². The first kappa shape index (κ1) is 10.2. The number of rotatable bonds is 3. The summed E-state index contributed by atoms with van der Waals surface area (Å²) in [6.45, 7) is 3.87. The number of nitrogens with zero attached hydrogens (tertiary/aromatic N) is 1. The highest BCUT2D eigenvalue weighted by Gasteiger charge is 2.09. The molecule has 0 atom stereocenters. The second-order valence-electron chi connectivity index (χ2n) is 3.20. The van der Waals surface area contributed by atoms with Crippen LogP contribution < -0.4 is 11.2 Å². The first-order chi connectivity index (χ1) is 7.72. The minimum atomic E-state index is -0.473. The molecule has 0 saturated carbocycles. The summed E-state index contributed by atoms with van der Waals surface area (Å²) < 4.78 is 6.55. The van der Waals surface area contributed by atoms with Gasteiger partial charge in [-0.3, -0.25) is 14.3 Å². The molecule has 1 N–H and O–H groups in total. The van der Waals surface area contributed by atoms with Gasteiger partial charge in [0.1, 0.15) is 0 Å². The van der Waals surface area contributed by atoms with Crippen LogP contribution in [0.25, 0.3) is 11.5 Å². The normalized spacial score (nSPS) is 10.2. The molecule has 0 fully saturated rings. The van der Waals surface area contributed by atoms with Gasteiger partial charge in [-0.1, -0.05) is 6.08 Å². The Kier molecular flexibility index (Phi) is 2.59. The van der Waals surface area contributed by atoms with E-state index in [9.17, 15) is 9.59 Å². The number of hydrogen-bond acceptors (Lipinski definition) is 3. The third kappa shape index (κ3) is 1.75.